The van der Waals surface area contributed by atoms with Crippen LogP contribution in [0.4, 0.5) is 5.69 Å². The average molecular weight is 512 g/mol. The van der Waals surface area contributed by atoms with Gasteiger partial charge in [0.1, 0.15) is 0 Å². The van der Waals surface area contributed by atoms with Gasteiger partial charge in [0.2, 0.25) is 0 Å². The molecule has 4 rings (SSSR count). The highest BCUT2D eigenvalue weighted by Crippen LogP contribution is 2.22. The molecule has 2 heterocycles. The molecule has 1 aliphatic rings. The number of rotatable bonds is 5. The van der Waals surface area contributed by atoms with E-state index in [2.05, 4.69) is 86.8 Å². The van der Waals surface area contributed by atoms with Crippen LogP contribution in [0.2, 0.25) is 0 Å². The molecule has 0 spiro atoms. The molecule has 1 aliphatic heterocycles. The van der Waals surface area contributed by atoms with Crippen molar-refractivity contribution in [1.82, 2.24) is 9.99 Å². The summed E-state index contributed by atoms with van der Waals surface area (Å²) in [6.45, 7) is 6.32. The Morgan fingerprint density at radius 2 is 1.77 bits per heavy atom. The molecule has 154 valence electrons. The van der Waals surface area contributed by atoms with Crippen molar-refractivity contribution in [3.63, 3.8) is 0 Å². The quantitative estimate of drug-likeness (QED) is 0.295. The normalized spacial score (nSPS) is 13.9. The fraction of sp³-hybridized carbons (Fsp3) is 0.250. The van der Waals surface area contributed by atoms with Gasteiger partial charge in [-0.05, 0) is 97.8 Å². The molecular formula is C24H25IN4O. The third kappa shape index (κ3) is 4.43. The molecule has 1 aromatic heterocycles. The van der Waals surface area contributed by atoms with E-state index < -0.39 is 0 Å². The van der Waals surface area contributed by atoms with Gasteiger partial charge in [-0.1, -0.05) is 6.07 Å². The van der Waals surface area contributed by atoms with Gasteiger partial charge >= 0.3 is 0 Å². The van der Waals surface area contributed by atoms with Crippen LogP contribution in [0.3, 0.4) is 0 Å². The van der Waals surface area contributed by atoms with Crippen LogP contribution in [0, 0.1) is 17.4 Å². The van der Waals surface area contributed by atoms with Gasteiger partial charge in [-0.3, -0.25) is 4.79 Å². The number of carbonyl (C=O) groups excluding carboxylic acids is 1. The van der Waals surface area contributed by atoms with Crippen LogP contribution in [0.5, 0.6) is 0 Å². The first-order valence-electron chi connectivity index (χ1n) is 10.2. The van der Waals surface area contributed by atoms with Gasteiger partial charge < -0.3 is 9.47 Å². The molecule has 30 heavy (non-hydrogen) atoms. The van der Waals surface area contributed by atoms with Gasteiger partial charge in [0.05, 0.1) is 6.21 Å². The summed E-state index contributed by atoms with van der Waals surface area (Å²) in [7, 11) is 0. The van der Waals surface area contributed by atoms with Crippen LogP contribution in [0.15, 0.2) is 59.7 Å². The van der Waals surface area contributed by atoms with Gasteiger partial charge in [0, 0.05) is 50.5 Å². The number of hydrazone groups is 1. The highest BCUT2D eigenvalue weighted by atomic mass is 127. The predicted molar refractivity (Wildman–Crippen MR) is 131 cm³/mol. The van der Waals surface area contributed by atoms with Crippen molar-refractivity contribution in [1.29, 1.82) is 0 Å². The van der Waals surface area contributed by atoms with Gasteiger partial charge in [0.25, 0.3) is 5.91 Å². The molecule has 0 unspecified atom stereocenters. The number of hydrogen-bond acceptors (Lipinski definition) is 3. The third-order valence-electron chi connectivity index (χ3n) is 5.51. The molecule has 1 fully saturated rings. The molecule has 0 radical (unpaired) electrons. The second kappa shape index (κ2) is 9.04. The topological polar surface area (TPSA) is 49.6 Å². The van der Waals surface area contributed by atoms with Crippen molar-refractivity contribution in [2.75, 3.05) is 18.0 Å². The minimum absolute atomic E-state index is 0.203. The maximum absolute atomic E-state index is 12.4. The number of benzene rings is 2. The van der Waals surface area contributed by atoms with Gasteiger partial charge in [-0.25, -0.2) is 5.43 Å². The Balaban J connectivity index is 1.44. The lowest BCUT2D eigenvalue weighted by Gasteiger charge is -2.17. The van der Waals surface area contributed by atoms with E-state index in [9.17, 15) is 4.79 Å². The number of amides is 1. The minimum atomic E-state index is -0.203. The van der Waals surface area contributed by atoms with Crippen molar-refractivity contribution in [3.8, 4) is 5.69 Å². The molecule has 1 saturated heterocycles. The van der Waals surface area contributed by atoms with E-state index in [0.29, 0.717) is 5.56 Å². The summed E-state index contributed by atoms with van der Waals surface area (Å²) < 4.78 is 3.39. The molecule has 0 saturated carbocycles. The van der Waals surface area contributed by atoms with Crippen molar-refractivity contribution in [2.45, 2.75) is 26.7 Å². The number of hydrogen-bond donors (Lipinski definition) is 1. The second-order valence-corrected chi connectivity index (χ2v) is 8.83. The molecular weight excluding hydrogens is 487 g/mol. The summed E-state index contributed by atoms with van der Waals surface area (Å²) in [6, 6.07) is 18.2. The molecule has 0 aliphatic carbocycles. The van der Waals surface area contributed by atoms with E-state index >= 15 is 0 Å². The Morgan fingerprint density at radius 3 is 2.47 bits per heavy atom. The van der Waals surface area contributed by atoms with Crippen LogP contribution >= 0.6 is 22.6 Å². The van der Waals surface area contributed by atoms with Crippen LogP contribution in [0.1, 0.15) is 40.2 Å². The Labute approximate surface area is 190 Å². The number of halogens is 1. The molecule has 3 aromatic rings. The molecule has 1 N–H and O–H groups in total. The molecule has 0 atom stereocenters. The third-order valence-corrected chi connectivity index (χ3v) is 6.18. The van der Waals surface area contributed by atoms with Gasteiger partial charge in [0.15, 0.2) is 0 Å². The number of nitrogens with zero attached hydrogens (tertiary/aromatic N) is 3. The zero-order valence-electron chi connectivity index (χ0n) is 17.2. The van der Waals surface area contributed by atoms with Gasteiger partial charge in [-0.2, -0.15) is 5.10 Å². The standard InChI is InChI=1S/C24H25IN4O/c1-17-14-20(18(2)29(17)23-7-5-6-21(25)15-23)16-26-27-24(30)19-8-10-22(11-9-19)28-12-3-4-13-28/h5-11,14-16H,3-4,12-13H2,1-2H3,(H,27,30)/b26-16-. The lowest BCUT2D eigenvalue weighted by atomic mass is 10.2. The summed E-state index contributed by atoms with van der Waals surface area (Å²) in [5.74, 6) is -0.203. The van der Waals surface area contributed by atoms with Crippen molar-refractivity contribution in [2.24, 2.45) is 5.10 Å². The summed E-state index contributed by atoms with van der Waals surface area (Å²) in [6.07, 6.45) is 4.19. The monoisotopic (exact) mass is 512 g/mol. The summed E-state index contributed by atoms with van der Waals surface area (Å²) in [5.41, 5.74) is 8.75. The Hall–Kier alpha value is -2.61. The zero-order valence-corrected chi connectivity index (χ0v) is 19.4. The highest BCUT2D eigenvalue weighted by molar-refractivity contribution is 14.1. The fourth-order valence-corrected chi connectivity index (χ4v) is 4.48. The first-order valence-corrected chi connectivity index (χ1v) is 11.2. The number of carbonyl (C=O) groups is 1. The number of aryl methyl sites for hydroxylation is 1. The van der Waals surface area contributed by atoms with Crippen LogP contribution < -0.4 is 10.3 Å². The Kier molecular flexibility index (Phi) is 6.22. The summed E-state index contributed by atoms with van der Waals surface area (Å²) in [5, 5.41) is 4.19. The average Bonchev–Trinajstić information content (AvgIpc) is 3.37. The fourth-order valence-electron chi connectivity index (χ4n) is 3.95. The molecule has 6 heteroatoms. The van der Waals surface area contributed by atoms with Crippen LogP contribution in [0.25, 0.3) is 5.69 Å². The van der Waals surface area contributed by atoms with Crippen molar-refractivity contribution in [3.05, 3.63) is 80.7 Å². The molecule has 2 aromatic carbocycles. The Morgan fingerprint density at radius 1 is 1.03 bits per heavy atom. The zero-order chi connectivity index (χ0) is 21.1. The lowest BCUT2D eigenvalue weighted by Crippen LogP contribution is -2.19. The minimum Gasteiger partial charge on any atom is -0.372 e. The van der Waals surface area contributed by atoms with Gasteiger partial charge in [-0.15, -0.1) is 0 Å². The maximum Gasteiger partial charge on any atom is 0.271 e. The van der Waals surface area contributed by atoms with E-state index in [0.717, 1.165) is 35.7 Å². The first-order chi connectivity index (χ1) is 14.5. The maximum atomic E-state index is 12.4. The predicted octanol–water partition coefficient (Wildman–Crippen LogP) is 5.06. The largest absolute Gasteiger partial charge is 0.372 e. The molecule has 0 bridgehead atoms. The first kappa shape index (κ1) is 20.7. The van der Waals surface area contributed by atoms with E-state index in [4.69, 9.17) is 0 Å². The van der Waals surface area contributed by atoms with Crippen molar-refractivity contribution < 1.29 is 4.79 Å². The Bertz CT molecular complexity index is 1080. The summed E-state index contributed by atoms with van der Waals surface area (Å²) in [4.78, 5) is 14.8. The van der Waals surface area contributed by atoms with Crippen LogP contribution in [-0.2, 0) is 0 Å². The van der Waals surface area contributed by atoms with E-state index in [1.54, 1.807) is 6.21 Å². The second-order valence-electron chi connectivity index (χ2n) is 7.58. The number of nitrogens with one attached hydrogen (secondary N) is 1. The van der Waals surface area contributed by atoms with Crippen molar-refractivity contribution >= 4 is 40.4 Å². The van der Waals surface area contributed by atoms with Crippen LogP contribution in [-0.4, -0.2) is 29.8 Å². The van der Waals surface area contributed by atoms with E-state index in [-0.39, 0.29) is 5.91 Å². The van der Waals surface area contributed by atoms with E-state index in [1.165, 1.54) is 22.1 Å². The smallest absolute Gasteiger partial charge is 0.271 e. The highest BCUT2D eigenvalue weighted by Gasteiger charge is 2.13. The lowest BCUT2D eigenvalue weighted by molar-refractivity contribution is 0.0955. The molecule has 5 nitrogen and oxygen atoms in total. The number of aromatic nitrogens is 1. The summed E-state index contributed by atoms with van der Waals surface area (Å²) >= 11 is 2.32. The SMILES string of the molecule is Cc1cc(/C=N\NC(=O)c2ccc(N3CCCC3)cc2)c(C)n1-c1cccc(I)c1. The van der Waals surface area contributed by atoms with E-state index in [1.807, 2.05) is 24.3 Å². The number of anilines is 1. The molecule has 1 amide bonds.